The lowest BCUT2D eigenvalue weighted by Gasteiger charge is -2.14. The Hall–Kier alpha value is -3.12. The zero-order valence-corrected chi connectivity index (χ0v) is 18.0. The number of aryl methyl sites for hydroxylation is 1. The van der Waals surface area contributed by atoms with Crippen molar-refractivity contribution in [3.8, 4) is 0 Å². The molecular weight excluding hydrogens is 467 g/mol. The van der Waals surface area contributed by atoms with Gasteiger partial charge in [-0.2, -0.15) is 23.1 Å². The van der Waals surface area contributed by atoms with Gasteiger partial charge in [0.2, 0.25) is 0 Å². The zero-order valence-electron chi connectivity index (χ0n) is 16.4. The summed E-state index contributed by atoms with van der Waals surface area (Å²) in [5, 5.41) is 21.0. The van der Waals surface area contributed by atoms with E-state index in [-0.39, 0.29) is 23.2 Å². The molecule has 1 aromatic heterocycles. The average Bonchev–Trinajstić information content (AvgIpc) is 3.35. The van der Waals surface area contributed by atoms with E-state index in [1.807, 2.05) is 0 Å². The standard InChI is InChI=1S/C19H15ClF3N7OS/c1-29-27-17(25-28-29)15-10-30(26-16(15)11-2-4-12(20)5-3-11)18(31)24-13-6-8-14(9-7-13)32-19(21,22)23/h2-9,15H,10H2,1H3,(H,24,31). The SMILES string of the molecule is Cn1nnc(C2CN(C(=O)Nc3ccc(SC(F)(F)F)cc3)N=C2c2ccc(Cl)cc2)n1. The van der Waals surface area contributed by atoms with Gasteiger partial charge in [-0.05, 0) is 58.9 Å². The Morgan fingerprint density at radius 2 is 1.84 bits per heavy atom. The molecule has 1 aliphatic heterocycles. The molecular formula is C19H15ClF3N7OS. The number of thioether (sulfide) groups is 1. The third-order valence-electron chi connectivity index (χ3n) is 4.46. The number of halogens is 4. The van der Waals surface area contributed by atoms with Crippen molar-refractivity contribution < 1.29 is 18.0 Å². The summed E-state index contributed by atoms with van der Waals surface area (Å²) in [5.74, 6) is -0.00813. The maximum atomic E-state index is 12.8. The lowest BCUT2D eigenvalue weighted by molar-refractivity contribution is -0.0328. The maximum Gasteiger partial charge on any atom is 0.446 e. The summed E-state index contributed by atoms with van der Waals surface area (Å²) >= 11 is 5.75. The Kier molecular flexibility index (Phi) is 6.07. The number of aromatic nitrogens is 4. The molecule has 1 unspecified atom stereocenters. The molecule has 0 bridgehead atoms. The van der Waals surface area contributed by atoms with Crippen LogP contribution in [0.15, 0.2) is 58.5 Å². The lowest BCUT2D eigenvalue weighted by atomic mass is 9.97. The third kappa shape index (κ3) is 5.19. The van der Waals surface area contributed by atoms with Crippen molar-refractivity contribution in [1.29, 1.82) is 0 Å². The molecule has 0 saturated carbocycles. The summed E-state index contributed by atoms with van der Waals surface area (Å²) in [6, 6.07) is 11.8. The number of rotatable bonds is 4. The fourth-order valence-corrected chi connectivity index (χ4v) is 3.74. The Labute approximate surface area is 189 Å². The molecule has 4 rings (SSSR count). The summed E-state index contributed by atoms with van der Waals surface area (Å²) in [7, 11) is 1.63. The molecule has 2 amide bonds. The summed E-state index contributed by atoms with van der Waals surface area (Å²) in [6.45, 7) is 0.164. The van der Waals surface area contributed by atoms with Crippen LogP contribution < -0.4 is 5.32 Å². The fourth-order valence-electron chi connectivity index (χ4n) is 3.08. The maximum absolute atomic E-state index is 12.8. The quantitative estimate of drug-likeness (QED) is 0.554. The van der Waals surface area contributed by atoms with Crippen molar-refractivity contribution in [2.45, 2.75) is 16.3 Å². The van der Waals surface area contributed by atoms with E-state index in [4.69, 9.17) is 11.6 Å². The molecule has 0 spiro atoms. The molecule has 1 aliphatic rings. The number of carbonyl (C=O) groups is 1. The van der Waals surface area contributed by atoms with E-state index in [2.05, 4.69) is 25.8 Å². The van der Waals surface area contributed by atoms with Gasteiger partial charge in [0.05, 0.1) is 25.2 Å². The molecule has 0 aliphatic carbocycles. The second kappa shape index (κ2) is 8.79. The van der Waals surface area contributed by atoms with Gasteiger partial charge < -0.3 is 5.32 Å². The van der Waals surface area contributed by atoms with Gasteiger partial charge in [-0.3, -0.25) is 0 Å². The third-order valence-corrected chi connectivity index (χ3v) is 5.45. The van der Waals surface area contributed by atoms with Gasteiger partial charge in [-0.1, -0.05) is 23.7 Å². The molecule has 0 radical (unpaired) electrons. The number of anilines is 1. The van der Waals surface area contributed by atoms with Gasteiger partial charge in [0.1, 0.15) is 0 Å². The van der Waals surface area contributed by atoms with Crippen LogP contribution in [0.3, 0.4) is 0 Å². The van der Waals surface area contributed by atoms with Crippen molar-refractivity contribution in [2.24, 2.45) is 12.1 Å². The van der Waals surface area contributed by atoms with E-state index < -0.39 is 17.5 Å². The van der Waals surface area contributed by atoms with Crippen LogP contribution in [-0.4, -0.2) is 49.0 Å². The number of nitrogens with zero attached hydrogens (tertiary/aromatic N) is 6. The average molecular weight is 482 g/mol. The minimum atomic E-state index is -4.38. The number of urea groups is 1. The van der Waals surface area contributed by atoms with Crippen LogP contribution in [0, 0.1) is 0 Å². The first-order chi connectivity index (χ1) is 15.2. The lowest BCUT2D eigenvalue weighted by Crippen LogP contribution is -2.30. The molecule has 1 atom stereocenters. The van der Waals surface area contributed by atoms with Crippen LogP contribution in [0.4, 0.5) is 23.7 Å². The Bertz CT molecular complexity index is 1150. The van der Waals surface area contributed by atoms with Gasteiger partial charge >= 0.3 is 11.5 Å². The monoisotopic (exact) mass is 481 g/mol. The van der Waals surface area contributed by atoms with Crippen LogP contribution in [0.25, 0.3) is 0 Å². The first kappa shape index (κ1) is 22.1. The van der Waals surface area contributed by atoms with Crippen LogP contribution >= 0.6 is 23.4 Å². The highest BCUT2D eigenvalue weighted by Gasteiger charge is 2.35. The minimum Gasteiger partial charge on any atom is -0.306 e. The molecule has 13 heteroatoms. The molecule has 3 aromatic rings. The van der Waals surface area contributed by atoms with Crippen LogP contribution in [-0.2, 0) is 7.05 Å². The van der Waals surface area contributed by atoms with Crippen molar-refractivity contribution in [3.63, 3.8) is 0 Å². The van der Waals surface area contributed by atoms with E-state index in [0.29, 0.717) is 22.2 Å². The van der Waals surface area contributed by atoms with E-state index in [1.165, 1.54) is 34.1 Å². The number of amides is 2. The summed E-state index contributed by atoms with van der Waals surface area (Å²) in [4.78, 5) is 14.1. The highest BCUT2D eigenvalue weighted by molar-refractivity contribution is 8.00. The number of hydrogen-bond acceptors (Lipinski definition) is 6. The van der Waals surface area contributed by atoms with E-state index in [9.17, 15) is 18.0 Å². The number of tetrazole rings is 1. The minimum absolute atomic E-state index is 0.0218. The number of nitrogens with one attached hydrogen (secondary N) is 1. The number of alkyl halides is 3. The Morgan fingerprint density at radius 1 is 1.16 bits per heavy atom. The van der Waals surface area contributed by atoms with Crippen molar-refractivity contribution >= 4 is 40.8 Å². The fraction of sp³-hybridized carbons (Fsp3) is 0.211. The van der Waals surface area contributed by atoms with Gasteiger partial charge in [-0.15, -0.1) is 10.2 Å². The van der Waals surface area contributed by atoms with Gasteiger partial charge in [0, 0.05) is 15.6 Å². The van der Waals surface area contributed by atoms with Crippen molar-refractivity contribution in [3.05, 3.63) is 64.9 Å². The first-order valence-electron chi connectivity index (χ1n) is 9.20. The van der Waals surface area contributed by atoms with E-state index in [0.717, 1.165) is 5.56 Å². The smallest absolute Gasteiger partial charge is 0.306 e. The Balaban J connectivity index is 1.53. The van der Waals surface area contributed by atoms with Crippen LogP contribution in [0.2, 0.25) is 5.02 Å². The molecule has 166 valence electrons. The zero-order chi connectivity index (χ0) is 22.9. The number of hydrogen-bond donors (Lipinski definition) is 1. The molecule has 0 saturated heterocycles. The number of hydrazone groups is 1. The van der Waals surface area contributed by atoms with Gasteiger partial charge in [-0.25, -0.2) is 9.80 Å². The molecule has 8 nitrogen and oxygen atoms in total. The van der Waals surface area contributed by atoms with Crippen molar-refractivity contribution in [2.75, 3.05) is 11.9 Å². The summed E-state index contributed by atoms with van der Waals surface area (Å²) in [5.41, 5.74) is -2.72. The topological polar surface area (TPSA) is 88.3 Å². The molecule has 0 fully saturated rings. The first-order valence-corrected chi connectivity index (χ1v) is 10.4. The normalized spacial score (nSPS) is 16.2. The Morgan fingerprint density at radius 3 is 2.44 bits per heavy atom. The van der Waals surface area contributed by atoms with Gasteiger partial charge in [0.15, 0.2) is 5.82 Å². The highest BCUT2D eigenvalue weighted by Crippen LogP contribution is 2.37. The predicted octanol–water partition coefficient (Wildman–Crippen LogP) is 4.51. The molecule has 2 heterocycles. The summed E-state index contributed by atoms with van der Waals surface area (Å²) < 4.78 is 37.4. The van der Waals surface area contributed by atoms with E-state index >= 15 is 0 Å². The predicted molar refractivity (Wildman–Crippen MR) is 114 cm³/mol. The summed E-state index contributed by atoms with van der Waals surface area (Å²) in [6.07, 6.45) is 0. The second-order valence-electron chi connectivity index (χ2n) is 6.77. The van der Waals surface area contributed by atoms with Crippen LogP contribution in [0.5, 0.6) is 0 Å². The largest absolute Gasteiger partial charge is 0.446 e. The molecule has 2 aromatic carbocycles. The van der Waals surface area contributed by atoms with E-state index in [1.54, 1.807) is 31.3 Å². The second-order valence-corrected chi connectivity index (χ2v) is 8.34. The van der Waals surface area contributed by atoms with Gasteiger partial charge in [0.25, 0.3) is 0 Å². The van der Waals surface area contributed by atoms with Crippen molar-refractivity contribution in [1.82, 2.24) is 25.2 Å². The van der Waals surface area contributed by atoms with Crippen LogP contribution in [0.1, 0.15) is 17.3 Å². The molecule has 32 heavy (non-hydrogen) atoms. The number of carbonyl (C=O) groups excluding carboxylic acids is 1. The highest BCUT2D eigenvalue weighted by atomic mass is 35.5. The number of benzene rings is 2. The molecule has 1 N–H and O–H groups in total.